The molecule has 0 aliphatic rings. The Morgan fingerprint density at radius 2 is 1.82 bits per heavy atom. The zero-order valence-electron chi connectivity index (χ0n) is 13.0. The third kappa shape index (κ3) is 4.03. The average molecular weight is 308 g/mol. The summed E-state index contributed by atoms with van der Waals surface area (Å²) in [6.45, 7) is 6.98. The zero-order chi connectivity index (χ0) is 17.0. The van der Waals surface area contributed by atoms with E-state index in [0.717, 1.165) is 0 Å². The molecule has 1 rings (SSSR count). The molecular formula is C15H20N2O5. The topological polar surface area (TPSA) is 110 Å². The van der Waals surface area contributed by atoms with E-state index in [9.17, 15) is 19.7 Å². The van der Waals surface area contributed by atoms with Crippen molar-refractivity contribution in [3.05, 3.63) is 39.4 Å². The smallest absolute Gasteiger partial charge is 0.326 e. The van der Waals surface area contributed by atoms with Crippen LogP contribution in [0.2, 0.25) is 0 Å². The average Bonchev–Trinajstić information content (AvgIpc) is 2.42. The molecule has 0 spiro atoms. The van der Waals surface area contributed by atoms with Crippen LogP contribution in [0, 0.1) is 16.0 Å². The highest BCUT2D eigenvalue weighted by Crippen LogP contribution is 2.27. The highest BCUT2D eigenvalue weighted by molar-refractivity contribution is 5.97. The van der Waals surface area contributed by atoms with Gasteiger partial charge in [-0.15, -0.1) is 0 Å². The summed E-state index contributed by atoms with van der Waals surface area (Å²) in [5, 5.41) is 22.6. The fourth-order valence-corrected chi connectivity index (χ4v) is 2.07. The number of carbonyl (C=O) groups is 2. The number of hydrogen-bond acceptors (Lipinski definition) is 4. The Morgan fingerprint density at radius 3 is 2.23 bits per heavy atom. The minimum atomic E-state index is -1.14. The second-order valence-corrected chi connectivity index (χ2v) is 5.72. The van der Waals surface area contributed by atoms with Crippen LogP contribution in [0.1, 0.15) is 49.5 Å². The molecule has 7 nitrogen and oxygen atoms in total. The molecule has 0 heterocycles. The van der Waals surface area contributed by atoms with Crippen molar-refractivity contribution in [1.29, 1.82) is 0 Å². The van der Waals surface area contributed by atoms with Gasteiger partial charge in [-0.3, -0.25) is 14.9 Å². The van der Waals surface area contributed by atoms with Gasteiger partial charge in [0.25, 0.3) is 11.6 Å². The number of aliphatic carboxylic acids is 1. The fourth-order valence-electron chi connectivity index (χ4n) is 2.07. The number of hydrogen-bond donors (Lipinski definition) is 2. The number of carbonyl (C=O) groups excluding carboxylic acids is 1. The first kappa shape index (κ1) is 17.6. The van der Waals surface area contributed by atoms with E-state index in [1.54, 1.807) is 13.8 Å². The predicted molar refractivity (Wildman–Crippen MR) is 80.9 cm³/mol. The lowest BCUT2D eigenvalue weighted by molar-refractivity contribution is -0.385. The molecule has 1 amide bonds. The van der Waals surface area contributed by atoms with Gasteiger partial charge in [0.15, 0.2) is 0 Å². The number of carboxylic acid groups (broad SMARTS) is 1. The summed E-state index contributed by atoms with van der Waals surface area (Å²) in [7, 11) is 0. The number of amides is 1. The van der Waals surface area contributed by atoms with E-state index in [1.165, 1.54) is 18.2 Å². The van der Waals surface area contributed by atoms with Crippen molar-refractivity contribution in [2.24, 2.45) is 5.92 Å². The highest BCUT2D eigenvalue weighted by atomic mass is 16.6. The molecule has 0 saturated heterocycles. The molecule has 7 heteroatoms. The van der Waals surface area contributed by atoms with Crippen LogP contribution in [0.5, 0.6) is 0 Å². The van der Waals surface area contributed by atoms with Crippen molar-refractivity contribution in [3.63, 3.8) is 0 Å². The van der Waals surface area contributed by atoms with Crippen LogP contribution < -0.4 is 5.32 Å². The van der Waals surface area contributed by atoms with Crippen LogP contribution in [-0.4, -0.2) is 27.9 Å². The van der Waals surface area contributed by atoms with Crippen LogP contribution in [0.3, 0.4) is 0 Å². The lowest BCUT2D eigenvalue weighted by Crippen LogP contribution is -2.44. The second kappa shape index (κ2) is 7.02. The van der Waals surface area contributed by atoms with Gasteiger partial charge in [0.2, 0.25) is 0 Å². The summed E-state index contributed by atoms with van der Waals surface area (Å²) in [4.78, 5) is 33.8. The van der Waals surface area contributed by atoms with Crippen LogP contribution in [-0.2, 0) is 4.79 Å². The Hall–Kier alpha value is -2.44. The maximum Gasteiger partial charge on any atom is 0.326 e. The van der Waals surface area contributed by atoms with Gasteiger partial charge in [0.05, 0.1) is 4.92 Å². The molecule has 1 aromatic rings. The summed E-state index contributed by atoms with van der Waals surface area (Å²) >= 11 is 0. The minimum absolute atomic E-state index is 0.0556. The maximum absolute atomic E-state index is 12.1. The number of nitro groups is 1. The second-order valence-electron chi connectivity index (χ2n) is 5.72. The first-order valence-electron chi connectivity index (χ1n) is 6.97. The first-order valence-corrected chi connectivity index (χ1v) is 6.97. The summed E-state index contributed by atoms with van der Waals surface area (Å²) < 4.78 is 0. The number of carboxylic acids is 1. The van der Waals surface area contributed by atoms with Crippen LogP contribution in [0.4, 0.5) is 5.69 Å². The van der Waals surface area contributed by atoms with E-state index < -0.39 is 22.8 Å². The number of benzene rings is 1. The normalized spacial score (nSPS) is 12.3. The lowest BCUT2D eigenvalue weighted by atomic mass is 9.98. The Morgan fingerprint density at radius 1 is 1.23 bits per heavy atom. The van der Waals surface area contributed by atoms with E-state index in [-0.39, 0.29) is 23.1 Å². The van der Waals surface area contributed by atoms with Gasteiger partial charge in [-0.1, -0.05) is 33.8 Å². The van der Waals surface area contributed by atoms with Gasteiger partial charge in [-0.05, 0) is 17.9 Å². The van der Waals surface area contributed by atoms with Crippen molar-refractivity contribution in [3.8, 4) is 0 Å². The standard InChI is InChI=1S/C15H20N2O5/c1-8(2)11-6-5-10(7-12(11)17(21)22)14(18)16-13(9(3)4)15(19)20/h5-9,13H,1-4H3,(H,16,18)(H,19,20). The van der Waals surface area contributed by atoms with Crippen molar-refractivity contribution < 1.29 is 19.6 Å². The molecule has 0 saturated carbocycles. The Bertz CT molecular complexity index is 596. The Kier molecular flexibility index (Phi) is 5.62. The third-order valence-corrected chi connectivity index (χ3v) is 3.33. The maximum atomic E-state index is 12.1. The number of nitro benzene ring substituents is 1. The molecule has 1 atom stereocenters. The lowest BCUT2D eigenvalue weighted by Gasteiger charge is -2.18. The zero-order valence-corrected chi connectivity index (χ0v) is 13.0. The molecule has 120 valence electrons. The molecule has 1 aromatic carbocycles. The molecular weight excluding hydrogens is 288 g/mol. The number of nitrogens with zero attached hydrogens (tertiary/aromatic N) is 1. The summed E-state index contributed by atoms with van der Waals surface area (Å²) in [6, 6.07) is 3.14. The van der Waals surface area contributed by atoms with Crippen LogP contribution >= 0.6 is 0 Å². The van der Waals surface area contributed by atoms with Gasteiger partial charge >= 0.3 is 5.97 Å². The molecule has 22 heavy (non-hydrogen) atoms. The van der Waals surface area contributed by atoms with Crippen molar-refractivity contribution in [2.75, 3.05) is 0 Å². The number of rotatable bonds is 6. The largest absolute Gasteiger partial charge is 0.480 e. The molecule has 0 bridgehead atoms. The Labute approximate surface area is 128 Å². The van der Waals surface area contributed by atoms with E-state index in [4.69, 9.17) is 5.11 Å². The van der Waals surface area contributed by atoms with E-state index in [2.05, 4.69) is 5.32 Å². The van der Waals surface area contributed by atoms with E-state index in [0.29, 0.717) is 5.56 Å². The van der Waals surface area contributed by atoms with Crippen LogP contribution in [0.25, 0.3) is 0 Å². The summed E-state index contributed by atoms with van der Waals surface area (Å²) in [5.74, 6) is -2.14. The fraction of sp³-hybridized carbons (Fsp3) is 0.467. The minimum Gasteiger partial charge on any atom is -0.480 e. The van der Waals surface area contributed by atoms with Gasteiger partial charge < -0.3 is 10.4 Å². The molecule has 2 N–H and O–H groups in total. The van der Waals surface area contributed by atoms with Crippen molar-refractivity contribution >= 4 is 17.6 Å². The molecule has 0 fully saturated rings. The van der Waals surface area contributed by atoms with Crippen molar-refractivity contribution in [1.82, 2.24) is 5.32 Å². The quantitative estimate of drug-likeness (QED) is 0.620. The first-order chi connectivity index (χ1) is 10.1. The number of nitrogens with one attached hydrogen (secondary N) is 1. The van der Waals surface area contributed by atoms with E-state index in [1.807, 2.05) is 13.8 Å². The molecule has 0 radical (unpaired) electrons. The molecule has 0 aliphatic carbocycles. The SMILES string of the molecule is CC(C)c1ccc(C(=O)NC(C(=O)O)C(C)C)cc1[N+](=O)[O-]. The van der Waals surface area contributed by atoms with Gasteiger partial charge in [-0.25, -0.2) is 4.79 Å². The van der Waals surface area contributed by atoms with E-state index >= 15 is 0 Å². The monoisotopic (exact) mass is 308 g/mol. The van der Waals surface area contributed by atoms with Gasteiger partial charge in [0.1, 0.15) is 6.04 Å². The third-order valence-electron chi connectivity index (χ3n) is 3.33. The van der Waals surface area contributed by atoms with Gasteiger partial charge in [-0.2, -0.15) is 0 Å². The highest BCUT2D eigenvalue weighted by Gasteiger charge is 2.25. The molecule has 0 aliphatic heterocycles. The Balaban J connectivity index is 3.11. The summed E-state index contributed by atoms with van der Waals surface area (Å²) in [5.41, 5.74) is 0.460. The van der Waals surface area contributed by atoms with Crippen LogP contribution in [0.15, 0.2) is 18.2 Å². The van der Waals surface area contributed by atoms with Gasteiger partial charge in [0, 0.05) is 17.2 Å². The summed E-state index contributed by atoms with van der Waals surface area (Å²) in [6.07, 6.45) is 0. The van der Waals surface area contributed by atoms with Crippen molar-refractivity contribution in [2.45, 2.75) is 39.7 Å². The molecule has 1 unspecified atom stereocenters. The molecule has 0 aromatic heterocycles. The predicted octanol–water partition coefficient (Wildman–Crippen LogP) is 2.56.